The Morgan fingerprint density at radius 3 is 2.82 bits per heavy atom. The predicted octanol–water partition coefficient (Wildman–Crippen LogP) is 3.97. The lowest BCUT2D eigenvalue weighted by molar-refractivity contribution is 0.140. The average molecular weight is 243 g/mol. The number of para-hydroxylation sites is 1. The molecule has 0 amide bonds. The van der Waals surface area contributed by atoms with Gasteiger partial charge in [-0.05, 0) is 17.5 Å². The van der Waals surface area contributed by atoms with Gasteiger partial charge >= 0.3 is 0 Å². The highest BCUT2D eigenvalue weighted by Crippen LogP contribution is 2.33. The van der Waals surface area contributed by atoms with Crippen molar-refractivity contribution in [1.82, 2.24) is 4.98 Å². The van der Waals surface area contributed by atoms with Gasteiger partial charge in [-0.1, -0.05) is 24.3 Å². The van der Waals surface area contributed by atoms with Crippen molar-refractivity contribution >= 4 is 22.2 Å². The zero-order chi connectivity index (χ0) is 11.7. The van der Waals surface area contributed by atoms with Crippen LogP contribution in [0.2, 0.25) is 0 Å². The number of aromatic amines is 1. The van der Waals surface area contributed by atoms with E-state index < -0.39 is 0 Å². The van der Waals surface area contributed by atoms with Gasteiger partial charge in [0.2, 0.25) is 0 Å². The molecule has 3 rings (SSSR count). The van der Waals surface area contributed by atoms with Gasteiger partial charge in [-0.2, -0.15) is 0 Å². The van der Waals surface area contributed by atoms with Crippen LogP contribution >= 0.6 is 11.3 Å². The summed E-state index contributed by atoms with van der Waals surface area (Å²) in [6.07, 6.45) is 2.06. The molecule has 1 atom stereocenters. The molecule has 0 aliphatic carbocycles. The number of rotatable bonds is 3. The van der Waals surface area contributed by atoms with Gasteiger partial charge in [0.05, 0.1) is 0 Å². The Morgan fingerprint density at radius 1 is 1.18 bits per heavy atom. The Balaban J connectivity index is 2.13. The van der Waals surface area contributed by atoms with E-state index in [1.807, 2.05) is 12.3 Å². The van der Waals surface area contributed by atoms with Crippen molar-refractivity contribution in [3.05, 3.63) is 58.4 Å². The molecule has 0 fully saturated rings. The van der Waals surface area contributed by atoms with E-state index in [-0.39, 0.29) is 6.10 Å². The molecule has 2 nitrogen and oxygen atoms in total. The number of hydrogen-bond acceptors (Lipinski definition) is 2. The van der Waals surface area contributed by atoms with Gasteiger partial charge in [0.15, 0.2) is 0 Å². The Morgan fingerprint density at radius 2 is 2.06 bits per heavy atom. The lowest BCUT2D eigenvalue weighted by Gasteiger charge is -2.12. The molecule has 0 unspecified atom stereocenters. The smallest absolute Gasteiger partial charge is 0.118 e. The molecule has 0 saturated heterocycles. The largest absolute Gasteiger partial charge is 0.371 e. The fourth-order valence-electron chi connectivity index (χ4n) is 2.15. The standard InChI is InChI=1S/C14H13NOS/c1-16-14(13-7-4-8-17-13)11-9-15-12-6-3-2-5-10(11)12/h2-9,14-15H,1H3/t14-/m0/s1. The Kier molecular flexibility index (Phi) is 2.71. The highest BCUT2D eigenvalue weighted by Gasteiger charge is 2.17. The first-order chi connectivity index (χ1) is 8.40. The summed E-state index contributed by atoms with van der Waals surface area (Å²) in [5.74, 6) is 0. The molecular weight excluding hydrogens is 230 g/mol. The second kappa shape index (κ2) is 4.35. The fraction of sp³-hybridized carbons (Fsp3) is 0.143. The van der Waals surface area contributed by atoms with Gasteiger partial charge in [-0.25, -0.2) is 0 Å². The summed E-state index contributed by atoms with van der Waals surface area (Å²) in [4.78, 5) is 4.52. The minimum absolute atomic E-state index is 0.0196. The molecule has 17 heavy (non-hydrogen) atoms. The molecule has 0 aliphatic rings. The molecule has 0 aliphatic heterocycles. The first-order valence-electron chi connectivity index (χ1n) is 5.52. The zero-order valence-corrected chi connectivity index (χ0v) is 10.3. The lowest BCUT2D eigenvalue weighted by Crippen LogP contribution is -2.00. The molecule has 2 heterocycles. The summed E-state index contributed by atoms with van der Waals surface area (Å²) in [5.41, 5.74) is 2.35. The van der Waals surface area contributed by atoms with Crippen LogP contribution in [0.25, 0.3) is 10.9 Å². The number of nitrogens with one attached hydrogen (secondary N) is 1. The van der Waals surface area contributed by atoms with E-state index in [1.165, 1.54) is 15.8 Å². The topological polar surface area (TPSA) is 25.0 Å². The number of hydrogen-bond donors (Lipinski definition) is 1. The maximum Gasteiger partial charge on any atom is 0.118 e. The van der Waals surface area contributed by atoms with E-state index in [0.717, 1.165) is 5.52 Å². The quantitative estimate of drug-likeness (QED) is 0.740. The number of thiophene rings is 1. The number of aromatic nitrogens is 1. The lowest BCUT2D eigenvalue weighted by atomic mass is 10.1. The third-order valence-electron chi connectivity index (χ3n) is 2.94. The number of methoxy groups -OCH3 is 1. The first-order valence-corrected chi connectivity index (χ1v) is 6.40. The van der Waals surface area contributed by atoms with Gasteiger partial charge in [0.1, 0.15) is 6.10 Å². The highest BCUT2D eigenvalue weighted by molar-refractivity contribution is 7.10. The van der Waals surface area contributed by atoms with Crippen LogP contribution in [0.1, 0.15) is 16.5 Å². The molecule has 0 radical (unpaired) electrons. The minimum Gasteiger partial charge on any atom is -0.371 e. The molecule has 2 aromatic heterocycles. The Bertz CT molecular complexity index is 612. The second-order valence-electron chi connectivity index (χ2n) is 3.92. The van der Waals surface area contributed by atoms with E-state index in [1.54, 1.807) is 18.4 Å². The number of H-pyrrole nitrogens is 1. The molecule has 3 heteroatoms. The summed E-state index contributed by atoms with van der Waals surface area (Å²) in [7, 11) is 1.76. The zero-order valence-electron chi connectivity index (χ0n) is 9.51. The fourth-order valence-corrected chi connectivity index (χ4v) is 2.97. The maximum atomic E-state index is 5.64. The van der Waals surface area contributed by atoms with Crippen molar-refractivity contribution in [2.24, 2.45) is 0 Å². The van der Waals surface area contributed by atoms with E-state index in [0.29, 0.717) is 0 Å². The van der Waals surface area contributed by atoms with Gasteiger partial charge in [0, 0.05) is 34.7 Å². The van der Waals surface area contributed by atoms with Crippen LogP contribution in [-0.2, 0) is 4.74 Å². The van der Waals surface area contributed by atoms with E-state index >= 15 is 0 Å². The number of fused-ring (bicyclic) bond motifs is 1. The van der Waals surface area contributed by atoms with E-state index in [9.17, 15) is 0 Å². The van der Waals surface area contributed by atoms with Crippen LogP contribution in [0.15, 0.2) is 48.0 Å². The van der Waals surface area contributed by atoms with Gasteiger partial charge in [0.25, 0.3) is 0 Å². The SMILES string of the molecule is CO[C@H](c1cccs1)c1c[nH]c2ccccc12. The average Bonchev–Trinajstić information content (AvgIpc) is 3.01. The van der Waals surface area contributed by atoms with Gasteiger partial charge < -0.3 is 9.72 Å². The van der Waals surface area contributed by atoms with Gasteiger partial charge in [-0.3, -0.25) is 0 Å². The van der Waals surface area contributed by atoms with Crippen LogP contribution in [0, 0.1) is 0 Å². The van der Waals surface area contributed by atoms with Crippen LogP contribution in [-0.4, -0.2) is 12.1 Å². The molecule has 1 aromatic carbocycles. The number of benzene rings is 1. The first kappa shape index (κ1) is 10.6. The summed E-state index contributed by atoms with van der Waals surface area (Å²) >= 11 is 1.72. The van der Waals surface area contributed by atoms with Crippen molar-refractivity contribution in [1.29, 1.82) is 0 Å². The molecule has 1 N–H and O–H groups in total. The Hall–Kier alpha value is -1.58. The normalized spacial score (nSPS) is 13.0. The summed E-state index contributed by atoms with van der Waals surface area (Å²) in [6.45, 7) is 0. The second-order valence-corrected chi connectivity index (χ2v) is 4.90. The molecule has 3 aromatic rings. The van der Waals surface area contributed by atoms with E-state index in [2.05, 4.69) is 40.7 Å². The van der Waals surface area contributed by atoms with Crippen molar-refractivity contribution in [2.45, 2.75) is 6.10 Å². The monoisotopic (exact) mass is 243 g/mol. The van der Waals surface area contributed by atoms with Crippen molar-refractivity contribution in [2.75, 3.05) is 7.11 Å². The molecule has 0 saturated carbocycles. The molecule has 86 valence electrons. The predicted molar refractivity (Wildman–Crippen MR) is 71.5 cm³/mol. The Labute approximate surface area is 104 Å². The van der Waals surface area contributed by atoms with Crippen molar-refractivity contribution in [3.63, 3.8) is 0 Å². The maximum absolute atomic E-state index is 5.64. The highest BCUT2D eigenvalue weighted by atomic mass is 32.1. The third-order valence-corrected chi connectivity index (χ3v) is 3.86. The molecule has 0 spiro atoms. The summed E-state index contributed by atoms with van der Waals surface area (Å²) in [5, 5.41) is 3.31. The van der Waals surface area contributed by atoms with Crippen LogP contribution in [0.5, 0.6) is 0 Å². The van der Waals surface area contributed by atoms with Crippen LogP contribution in [0.3, 0.4) is 0 Å². The molecular formula is C14H13NOS. The molecule has 0 bridgehead atoms. The van der Waals surface area contributed by atoms with Crippen molar-refractivity contribution < 1.29 is 4.74 Å². The van der Waals surface area contributed by atoms with Crippen LogP contribution < -0.4 is 0 Å². The third kappa shape index (κ3) is 1.77. The van der Waals surface area contributed by atoms with E-state index in [4.69, 9.17) is 4.74 Å². The van der Waals surface area contributed by atoms with Crippen LogP contribution in [0.4, 0.5) is 0 Å². The van der Waals surface area contributed by atoms with Gasteiger partial charge in [-0.15, -0.1) is 11.3 Å². The summed E-state index contributed by atoms with van der Waals surface area (Å²) in [6, 6.07) is 12.5. The number of ether oxygens (including phenoxy) is 1. The van der Waals surface area contributed by atoms with Crippen molar-refractivity contribution in [3.8, 4) is 0 Å². The minimum atomic E-state index is 0.0196. The summed E-state index contributed by atoms with van der Waals surface area (Å²) < 4.78 is 5.64.